The molecule has 0 saturated heterocycles. The van der Waals surface area contributed by atoms with Crippen LogP contribution in [0.25, 0.3) is 11.0 Å². The van der Waals surface area contributed by atoms with Gasteiger partial charge in [-0.15, -0.1) is 0 Å². The van der Waals surface area contributed by atoms with Crippen LogP contribution in [-0.4, -0.2) is 35.1 Å². The molecule has 7 nitrogen and oxygen atoms in total. The Hall–Kier alpha value is -4.13. The third-order valence-electron chi connectivity index (χ3n) is 5.74. The maximum Gasteiger partial charge on any atom is 0.356 e. The summed E-state index contributed by atoms with van der Waals surface area (Å²) < 4.78 is 6.64. The number of ether oxygens (including phenoxy) is 1. The van der Waals surface area contributed by atoms with Crippen LogP contribution in [0.4, 0.5) is 11.4 Å². The largest absolute Gasteiger partial charge is 0.464 e. The van der Waals surface area contributed by atoms with Crippen LogP contribution < -0.4 is 10.6 Å². The van der Waals surface area contributed by atoms with Crippen molar-refractivity contribution in [2.45, 2.75) is 19.3 Å². The predicted molar refractivity (Wildman–Crippen MR) is 134 cm³/mol. The fraction of sp³-hybridized carbons (Fsp3) is 0.222. The molecule has 4 aromatic rings. The highest BCUT2D eigenvalue weighted by atomic mass is 16.5. The summed E-state index contributed by atoms with van der Waals surface area (Å²) in [7, 11) is 3.06. The van der Waals surface area contributed by atoms with E-state index in [1.165, 1.54) is 12.7 Å². The molecule has 2 aromatic heterocycles. The lowest BCUT2D eigenvalue weighted by atomic mass is 10.1. The zero-order chi connectivity index (χ0) is 23.9. The Morgan fingerprint density at radius 1 is 0.971 bits per heavy atom. The van der Waals surface area contributed by atoms with Crippen molar-refractivity contribution in [1.29, 1.82) is 0 Å². The molecule has 0 saturated carbocycles. The number of nitrogens with one attached hydrogen (secondary N) is 2. The molecule has 0 aliphatic rings. The molecule has 2 N–H and O–H groups in total. The third-order valence-corrected chi connectivity index (χ3v) is 5.74. The van der Waals surface area contributed by atoms with E-state index in [9.17, 15) is 9.59 Å². The van der Waals surface area contributed by atoms with Crippen molar-refractivity contribution in [2.24, 2.45) is 7.05 Å². The number of methoxy groups -OCH3 is 1. The number of hydrogen-bond donors (Lipinski definition) is 2. The molecule has 2 aromatic carbocycles. The van der Waals surface area contributed by atoms with Gasteiger partial charge in [0.1, 0.15) is 5.65 Å². The molecule has 34 heavy (non-hydrogen) atoms. The van der Waals surface area contributed by atoms with Gasteiger partial charge in [-0.2, -0.15) is 0 Å². The monoisotopic (exact) mass is 456 g/mol. The van der Waals surface area contributed by atoms with E-state index >= 15 is 0 Å². The van der Waals surface area contributed by atoms with E-state index in [1.807, 2.05) is 54.6 Å². The van der Waals surface area contributed by atoms with Crippen molar-refractivity contribution in [2.75, 3.05) is 24.3 Å². The zero-order valence-corrected chi connectivity index (χ0v) is 19.4. The minimum atomic E-state index is -0.530. The summed E-state index contributed by atoms with van der Waals surface area (Å²) in [5.74, 6) is -0.707. The first-order valence-corrected chi connectivity index (χ1v) is 11.2. The highest BCUT2D eigenvalue weighted by Crippen LogP contribution is 2.32. The van der Waals surface area contributed by atoms with E-state index in [4.69, 9.17) is 4.74 Å². The minimum Gasteiger partial charge on any atom is -0.464 e. The van der Waals surface area contributed by atoms with E-state index in [0.29, 0.717) is 29.6 Å². The number of aryl methyl sites for hydroxylation is 2. The lowest BCUT2D eigenvalue weighted by Gasteiger charge is -2.09. The molecule has 0 aliphatic carbocycles. The van der Waals surface area contributed by atoms with Crippen molar-refractivity contribution < 1.29 is 14.3 Å². The fourth-order valence-corrected chi connectivity index (χ4v) is 3.97. The molecule has 0 fully saturated rings. The fourth-order valence-electron chi connectivity index (χ4n) is 3.97. The minimum absolute atomic E-state index is 0.177. The first-order chi connectivity index (χ1) is 16.6. The SMILES string of the molecule is COC(=O)c1c(NC(=O)CCc2ccccc2)c2cc(NCCc3ccccc3)cnc2n1C. The highest BCUT2D eigenvalue weighted by Gasteiger charge is 2.24. The summed E-state index contributed by atoms with van der Waals surface area (Å²) in [4.78, 5) is 29.9. The molecule has 2 heterocycles. The van der Waals surface area contributed by atoms with Crippen LogP contribution in [-0.2, 0) is 29.4 Å². The van der Waals surface area contributed by atoms with Crippen LogP contribution in [0.5, 0.6) is 0 Å². The Bertz CT molecular complexity index is 1280. The Morgan fingerprint density at radius 2 is 1.62 bits per heavy atom. The quantitative estimate of drug-likeness (QED) is 0.360. The standard InChI is InChI=1S/C27H28N4O3/c1-31-25(27(33)34-2)24(30-23(32)14-13-19-9-5-3-6-10-19)22-17-21(18-29-26(22)31)28-16-15-20-11-7-4-8-12-20/h3-12,17-18,28H,13-16H2,1-2H3,(H,30,32). The van der Waals surface area contributed by atoms with Gasteiger partial charge in [-0.1, -0.05) is 60.7 Å². The van der Waals surface area contributed by atoms with Crippen LogP contribution in [0.15, 0.2) is 72.9 Å². The Kier molecular flexibility index (Phi) is 7.22. The summed E-state index contributed by atoms with van der Waals surface area (Å²) in [6, 6.07) is 22.0. The van der Waals surface area contributed by atoms with Crippen LogP contribution in [0.2, 0.25) is 0 Å². The zero-order valence-electron chi connectivity index (χ0n) is 19.4. The second kappa shape index (κ2) is 10.7. The number of rotatable bonds is 9. The van der Waals surface area contributed by atoms with Crippen molar-refractivity contribution in [1.82, 2.24) is 9.55 Å². The maximum absolute atomic E-state index is 12.8. The van der Waals surface area contributed by atoms with Gasteiger partial charge in [-0.05, 0) is 30.0 Å². The van der Waals surface area contributed by atoms with E-state index in [0.717, 1.165) is 24.2 Å². The van der Waals surface area contributed by atoms with E-state index in [-0.39, 0.29) is 11.6 Å². The van der Waals surface area contributed by atoms with Crippen molar-refractivity contribution in [3.8, 4) is 0 Å². The first kappa shape index (κ1) is 23.0. The lowest BCUT2D eigenvalue weighted by molar-refractivity contribution is -0.116. The summed E-state index contributed by atoms with van der Waals surface area (Å²) in [5.41, 5.74) is 4.40. The number of benzene rings is 2. The molecule has 1 amide bonds. The van der Waals surface area contributed by atoms with E-state index < -0.39 is 5.97 Å². The van der Waals surface area contributed by atoms with Crippen molar-refractivity contribution in [3.63, 3.8) is 0 Å². The maximum atomic E-state index is 12.8. The number of carbonyl (C=O) groups is 2. The normalized spacial score (nSPS) is 10.8. The molecular formula is C27H28N4O3. The third kappa shape index (κ3) is 5.26. The summed E-state index contributed by atoms with van der Waals surface area (Å²) >= 11 is 0. The lowest BCUT2D eigenvalue weighted by Crippen LogP contribution is -2.16. The van der Waals surface area contributed by atoms with Crippen molar-refractivity contribution in [3.05, 3.63) is 89.7 Å². The van der Waals surface area contributed by atoms with E-state index in [2.05, 4.69) is 27.8 Å². The average molecular weight is 457 g/mol. The molecular weight excluding hydrogens is 428 g/mol. The van der Waals surface area contributed by atoms with Crippen LogP contribution in [0.1, 0.15) is 28.0 Å². The van der Waals surface area contributed by atoms with Gasteiger partial charge >= 0.3 is 5.97 Å². The molecule has 0 spiro atoms. The van der Waals surface area contributed by atoms with E-state index in [1.54, 1.807) is 17.8 Å². The summed E-state index contributed by atoms with van der Waals surface area (Å²) in [6.45, 7) is 0.729. The Morgan fingerprint density at radius 3 is 2.26 bits per heavy atom. The number of hydrogen-bond acceptors (Lipinski definition) is 5. The molecule has 4 rings (SSSR count). The number of aromatic nitrogens is 2. The summed E-state index contributed by atoms with van der Waals surface area (Å²) in [5, 5.41) is 7.01. The highest BCUT2D eigenvalue weighted by molar-refractivity contribution is 6.11. The number of esters is 1. The van der Waals surface area contributed by atoms with Crippen LogP contribution in [0, 0.1) is 0 Å². The van der Waals surface area contributed by atoms with Gasteiger partial charge in [0.2, 0.25) is 5.91 Å². The summed E-state index contributed by atoms with van der Waals surface area (Å²) in [6.07, 6.45) is 3.50. The average Bonchev–Trinajstić information content (AvgIpc) is 3.14. The van der Waals surface area contributed by atoms with Gasteiger partial charge in [0.15, 0.2) is 5.69 Å². The molecule has 0 aliphatic heterocycles. The second-order valence-corrected chi connectivity index (χ2v) is 8.07. The molecule has 0 atom stereocenters. The number of carbonyl (C=O) groups excluding carboxylic acids is 2. The molecule has 0 unspecified atom stereocenters. The number of anilines is 2. The van der Waals surface area contributed by atoms with Gasteiger partial charge in [0, 0.05) is 25.4 Å². The smallest absolute Gasteiger partial charge is 0.356 e. The van der Waals surface area contributed by atoms with Gasteiger partial charge in [-0.25, -0.2) is 9.78 Å². The molecule has 7 heteroatoms. The number of nitrogens with zero attached hydrogens (tertiary/aromatic N) is 2. The second-order valence-electron chi connectivity index (χ2n) is 8.07. The van der Waals surface area contributed by atoms with Gasteiger partial charge in [-0.3, -0.25) is 4.79 Å². The van der Waals surface area contributed by atoms with Gasteiger partial charge in [0.25, 0.3) is 0 Å². The topological polar surface area (TPSA) is 85.2 Å². The Balaban J connectivity index is 1.56. The van der Waals surface area contributed by atoms with Gasteiger partial charge < -0.3 is 19.9 Å². The molecule has 174 valence electrons. The predicted octanol–water partition coefficient (Wildman–Crippen LogP) is 4.59. The van der Waals surface area contributed by atoms with Crippen LogP contribution >= 0.6 is 0 Å². The number of pyridine rings is 1. The molecule has 0 radical (unpaired) electrons. The van der Waals surface area contributed by atoms with Crippen LogP contribution in [0.3, 0.4) is 0 Å². The first-order valence-electron chi connectivity index (χ1n) is 11.2. The van der Waals surface area contributed by atoms with Crippen molar-refractivity contribution >= 4 is 34.3 Å². The van der Waals surface area contributed by atoms with Gasteiger partial charge in [0.05, 0.1) is 24.7 Å². The number of amides is 1. The Labute approximate surface area is 198 Å². The number of fused-ring (bicyclic) bond motifs is 1. The molecule has 0 bridgehead atoms.